The number of rotatable bonds is 3. The van der Waals surface area contributed by atoms with Crippen molar-refractivity contribution in [2.45, 2.75) is 51.1 Å². The van der Waals surface area contributed by atoms with Crippen molar-refractivity contribution in [2.24, 2.45) is 0 Å². The van der Waals surface area contributed by atoms with Crippen molar-refractivity contribution < 1.29 is 8.78 Å². The van der Waals surface area contributed by atoms with E-state index in [-0.39, 0.29) is 17.7 Å². The van der Waals surface area contributed by atoms with E-state index in [1.54, 1.807) is 0 Å². The summed E-state index contributed by atoms with van der Waals surface area (Å²) in [5, 5.41) is 3.40. The van der Waals surface area contributed by atoms with Crippen LogP contribution < -0.4 is 5.32 Å². The van der Waals surface area contributed by atoms with Crippen LogP contribution in [-0.2, 0) is 0 Å². The van der Waals surface area contributed by atoms with Crippen LogP contribution in [0.3, 0.4) is 0 Å². The molecule has 1 saturated carbocycles. The second kappa shape index (κ2) is 5.58. The van der Waals surface area contributed by atoms with Crippen LogP contribution >= 0.6 is 0 Å². The average molecular weight is 239 g/mol. The highest BCUT2D eigenvalue weighted by molar-refractivity contribution is 5.21. The molecule has 1 unspecified atom stereocenters. The van der Waals surface area contributed by atoms with Gasteiger partial charge < -0.3 is 5.32 Å². The van der Waals surface area contributed by atoms with Crippen molar-refractivity contribution in [1.29, 1.82) is 0 Å². The van der Waals surface area contributed by atoms with Crippen LogP contribution in [0.5, 0.6) is 0 Å². The monoisotopic (exact) mass is 239 g/mol. The molecule has 0 heterocycles. The Kier molecular flexibility index (Phi) is 4.11. The molecule has 1 nitrogen and oxygen atoms in total. The normalized spacial score (nSPS) is 19.2. The Labute approximate surface area is 101 Å². The quantitative estimate of drug-likeness (QED) is 0.842. The molecule has 0 bridgehead atoms. The number of hydrogen-bond donors (Lipinski definition) is 1. The van der Waals surface area contributed by atoms with Crippen LogP contribution in [0.15, 0.2) is 18.2 Å². The fourth-order valence-electron chi connectivity index (χ4n) is 2.56. The SMILES string of the molecule is CC(NC1CCCCC1)c1cc(F)ccc1F. The van der Waals surface area contributed by atoms with Gasteiger partial charge in [0.15, 0.2) is 0 Å². The van der Waals surface area contributed by atoms with E-state index >= 15 is 0 Å². The minimum absolute atomic E-state index is 0.131. The smallest absolute Gasteiger partial charge is 0.128 e. The molecule has 0 amide bonds. The van der Waals surface area contributed by atoms with Gasteiger partial charge in [-0.05, 0) is 38.0 Å². The molecule has 1 fully saturated rings. The first kappa shape index (κ1) is 12.5. The Bertz CT molecular complexity index is 372. The number of hydrogen-bond acceptors (Lipinski definition) is 1. The molecule has 0 aromatic heterocycles. The van der Waals surface area contributed by atoms with Crippen LogP contribution in [0.4, 0.5) is 8.78 Å². The second-order valence-corrected chi connectivity index (χ2v) is 4.89. The third kappa shape index (κ3) is 3.25. The summed E-state index contributed by atoms with van der Waals surface area (Å²) in [5.74, 6) is -0.707. The summed E-state index contributed by atoms with van der Waals surface area (Å²) >= 11 is 0. The van der Waals surface area contributed by atoms with E-state index in [0.717, 1.165) is 18.9 Å². The second-order valence-electron chi connectivity index (χ2n) is 4.89. The van der Waals surface area contributed by atoms with Gasteiger partial charge in [-0.25, -0.2) is 8.78 Å². The van der Waals surface area contributed by atoms with Gasteiger partial charge in [0.1, 0.15) is 11.6 Å². The first-order valence-corrected chi connectivity index (χ1v) is 6.38. The summed E-state index contributed by atoms with van der Waals surface area (Å²) in [6.45, 7) is 1.90. The highest BCUT2D eigenvalue weighted by atomic mass is 19.1. The standard InChI is InChI=1S/C14H19F2N/c1-10(17-12-5-3-2-4-6-12)13-9-11(15)7-8-14(13)16/h7-10,12,17H,2-6H2,1H3. The minimum atomic E-state index is -0.376. The van der Waals surface area contributed by atoms with Crippen LogP contribution in [0.2, 0.25) is 0 Å². The third-order valence-corrected chi connectivity index (χ3v) is 3.52. The molecule has 1 atom stereocenters. The van der Waals surface area contributed by atoms with Crippen LogP contribution in [0.25, 0.3) is 0 Å². The van der Waals surface area contributed by atoms with Crippen LogP contribution in [-0.4, -0.2) is 6.04 Å². The van der Waals surface area contributed by atoms with E-state index in [1.807, 2.05) is 6.92 Å². The molecule has 1 aliphatic carbocycles. The van der Waals surface area contributed by atoms with Gasteiger partial charge in [-0.2, -0.15) is 0 Å². The molecule has 0 saturated heterocycles. The lowest BCUT2D eigenvalue weighted by molar-refractivity contribution is 0.343. The number of benzene rings is 1. The molecule has 3 heteroatoms. The molecule has 17 heavy (non-hydrogen) atoms. The van der Waals surface area contributed by atoms with Crippen molar-refractivity contribution in [3.63, 3.8) is 0 Å². The predicted octanol–water partition coefficient (Wildman–Crippen LogP) is 3.95. The molecule has 1 aromatic carbocycles. The average Bonchev–Trinajstić information content (AvgIpc) is 2.33. The largest absolute Gasteiger partial charge is 0.307 e. The van der Waals surface area contributed by atoms with Crippen molar-refractivity contribution in [3.8, 4) is 0 Å². The fraction of sp³-hybridized carbons (Fsp3) is 0.571. The summed E-state index contributed by atoms with van der Waals surface area (Å²) in [6, 6.07) is 3.96. The van der Waals surface area contributed by atoms with Crippen molar-refractivity contribution in [3.05, 3.63) is 35.4 Å². The molecule has 0 aliphatic heterocycles. The Morgan fingerprint density at radius 3 is 2.59 bits per heavy atom. The highest BCUT2D eigenvalue weighted by Crippen LogP contribution is 2.23. The Hall–Kier alpha value is -0.960. The highest BCUT2D eigenvalue weighted by Gasteiger charge is 2.18. The molecular weight excluding hydrogens is 220 g/mol. The van der Waals surface area contributed by atoms with Crippen molar-refractivity contribution >= 4 is 0 Å². The molecule has 94 valence electrons. The van der Waals surface area contributed by atoms with Gasteiger partial charge >= 0.3 is 0 Å². The lowest BCUT2D eigenvalue weighted by Crippen LogP contribution is -2.33. The van der Waals surface area contributed by atoms with E-state index in [9.17, 15) is 8.78 Å². The predicted molar refractivity (Wildman–Crippen MR) is 64.8 cm³/mol. The summed E-state index contributed by atoms with van der Waals surface area (Å²) in [7, 11) is 0. The molecule has 2 rings (SSSR count). The van der Waals surface area contributed by atoms with Gasteiger partial charge in [0.25, 0.3) is 0 Å². The maximum absolute atomic E-state index is 13.6. The Morgan fingerprint density at radius 2 is 1.88 bits per heavy atom. The van der Waals surface area contributed by atoms with Gasteiger partial charge in [-0.3, -0.25) is 0 Å². The van der Waals surface area contributed by atoms with E-state index in [0.29, 0.717) is 11.6 Å². The summed E-state index contributed by atoms with van der Waals surface area (Å²) in [6.07, 6.45) is 6.04. The Balaban J connectivity index is 2.02. The first-order valence-electron chi connectivity index (χ1n) is 6.38. The van der Waals surface area contributed by atoms with Crippen molar-refractivity contribution in [2.75, 3.05) is 0 Å². The Morgan fingerprint density at radius 1 is 1.18 bits per heavy atom. The lowest BCUT2D eigenvalue weighted by Gasteiger charge is -2.27. The van der Waals surface area contributed by atoms with Gasteiger partial charge in [-0.15, -0.1) is 0 Å². The number of halogens is 2. The first-order chi connectivity index (χ1) is 8.16. The molecular formula is C14H19F2N. The van der Waals surface area contributed by atoms with E-state index in [2.05, 4.69) is 5.32 Å². The molecule has 1 aliphatic rings. The zero-order valence-electron chi connectivity index (χ0n) is 10.2. The summed E-state index contributed by atoms with van der Waals surface area (Å²) < 4.78 is 26.7. The topological polar surface area (TPSA) is 12.0 Å². The van der Waals surface area contributed by atoms with E-state index in [1.165, 1.54) is 31.4 Å². The molecule has 0 spiro atoms. The summed E-state index contributed by atoms with van der Waals surface area (Å²) in [5.41, 5.74) is 0.426. The lowest BCUT2D eigenvalue weighted by atomic mass is 9.94. The molecule has 1 aromatic rings. The van der Waals surface area contributed by atoms with Gasteiger partial charge in [0.05, 0.1) is 0 Å². The molecule has 1 N–H and O–H groups in total. The third-order valence-electron chi connectivity index (χ3n) is 3.52. The molecule has 0 radical (unpaired) electrons. The maximum atomic E-state index is 13.6. The zero-order chi connectivity index (χ0) is 12.3. The maximum Gasteiger partial charge on any atom is 0.128 e. The minimum Gasteiger partial charge on any atom is -0.307 e. The van der Waals surface area contributed by atoms with Gasteiger partial charge in [0, 0.05) is 17.6 Å². The van der Waals surface area contributed by atoms with Crippen molar-refractivity contribution in [1.82, 2.24) is 5.32 Å². The number of nitrogens with one attached hydrogen (secondary N) is 1. The van der Waals surface area contributed by atoms with Gasteiger partial charge in [-0.1, -0.05) is 19.3 Å². The zero-order valence-corrected chi connectivity index (χ0v) is 10.2. The fourth-order valence-corrected chi connectivity index (χ4v) is 2.56. The van der Waals surface area contributed by atoms with Crippen LogP contribution in [0.1, 0.15) is 50.6 Å². The van der Waals surface area contributed by atoms with Gasteiger partial charge in [0.2, 0.25) is 0 Å². The van der Waals surface area contributed by atoms with Crippen LogP contribution in [0, 0.1) is 11.6 Å². The summed E-state index contributed by atoms with van der Waals surface area (Å²) in [4.78, 5) is 0. The van der Waals surface area contributed by atoms with E-state index in [4.69, 9.17) is 0 Å². The van der Waals surface area contributed by atoms with E-state index < -0.39 is 0 Å².